The number of methoxy groups -OCH3 is 1. The highest BCUT2D eigenvalue weighted by Crippen LogP contribution is 2.51. The lowest BCUT2D eigenvalue weighted by Gasteiger charge is -2.15. The number of nitrogens with one attached hydrogen (secondary N) is 1. The van der Waals surface area contributed by atoms with Crippen LogP contribution in [0.15, 0.2) is 23.1 Å². The van der Waals surface area contributed by atoms with Gasteiger partial charge in [-0.1, -0.05) is 0 Å². The monoisotopic (exact) mass is 237 g/mol. The highest BCUT2D eigenvalue weighted by atomic mass is 32.2. The molecule has 1 aliphatic rings. The van der Waals surface area contributed by atoms with Gasteiger partial charge in [-0.15, -0.1) is 11.8 Å². The smallest absolute Gasteiger partial charge is 0.121 e. The molecule has 1 N–H and O–H groups in total. The quantitative estimate of drug-likeness (QED) is 0.851. The molecular weight excluding hydrogens is 218 g/mol. The van der Waals surface area contributed by atoms with E-state index in [0.29, 0.717) is 4.75 Å². The van der Waals surface area contributed by atoms with Gasteiger partial charge in [0.2, 0.25) is 0 Å². The molecule has 1 fully saturated rings. The molecule has 88 valence electrons. The summed E-state index contributed by atoms with van der Waals surface area (Å²) in [6.45, 7) is 3.20. The number of benzene rings is 1. The number of hydrogen-bond acceptors (Lipinski definition) is 3. The van der Waals surface area contributed by atoms with Crippen LogP contribution in [0.25, 0.3) is 0 Å². The average Bonchev–Trinajstić information content (AvgIpc) is 2.99. The highest BCUT2D eigenvalue weighted by molar-refractivity contribution is 8.01. The molecular formula is C13H19NOS. The third-order valence-electron chi connectivity index (χ3n) is 3.01. The van der Waals surface area contributed by atoms with Crippen molar-refractivity contribution in [3.8, 4) is 5.75 Å². The third-order valence-corrected chi connectivity index (χ3v) is 4.48. The molecule has 0 heterocycles. The summed E-state index contributed by atoms with van der Waals surface area (Å²) < 4.78 is 5.73. The highest BCUT2D eigenvalue weighted by Gasteiger charge is 2.42. The molecule has 1 aromatic carbocycles. The fraction of sp³-hybridized carbons (Fsp3) is 0.538. The maximum atomic E-state index is 5.27. The summed E-state index contributed by atoms with van der Waals surface area (Å²) in [5.74, 6) is 0.975. The minimum Gasteiger partial charge on any atom is -0.496 e. The van der Waals surface area contributed by atoms with Gasteiger partial charge in [-0.05, 0) is 50.6 Å². The first-order valence-electron chi connectivity index (χ1n) is 5.67. The zero-order chi connectivity index (χ0) is 11.6. The third kappa shape index (κ3) is 2.53. The second-order valence-electron chi connectivity index (χ2n) is 4.45. The number of hydrogen-bond donors (Lipinski definition) is 1. The van der Waals surface area contributed by atoms with Crippen LogP contribution in [0, 0.1) is 6.92 Å². The van der Waals surface area contributed by atoms with E-state index in [9.17, 15) is 0 Å². The van der Waals surface area contributed by atoms with E-state index in [1.165, 1.54) is 23.3 Å². The Bertz CT molecular complexity index is 374. The maximum absolute atomic E-state index is 5.27. The van der Waals surface area contributed by atoms with Gasteiger partial charge in [0, 0.05) is 16.2 Å². The van der Waals surface area contributed by atoms with Crippen LogP contribution in [0.4, 0.5) is 0 Å². The summed E-state index contributed by atoms with van der Waals surface area (Å²) in [6, 6.07) is 6.44. The molecule has 1 aliphatic carbocycles. The zero-order valence-corrected chi connectivity index (χ0v) is 11.0. The van der Waals surface area contributed by atoms with Gasteiger partial charge < -0.3 is 10.1 Å². The van der Waals surface area contributed by atoms with E-state index in [-0.39, 0.29) is 0 Å². The fourth-order valence-electron chi connectivity index (χ4n) is 1.94. The topological polar surface area (TPSA) is 21.3 Å². The molecule has 0 atom stereocenters. The summed E-state index contributed by atoms with van der Waals surface area (Å²) in [4.78, 5) is 1.35. The van der Waals surface area contributed by atoms with Crippen LogP contribution in [-0.4, -0.2) is 25.4 Å². The van der Waals surface area contributed by atoms with E-state index in [1.54, 1.807) is 7.11 Å². The van der Waals surface area contributed by atoms with Crippen molar-refractivity contribution in [2.24, 2.45) is 0 Å². The lowest BCUT2D eigenvalue weighted by Crippen LogP contribution is -2.22. The Hall–Kier alpha value is -0.670. The van der Waals surface area contributed by atoms with Gasteiger partial charge in [0.05, 0.1) is 7.11 Å². The van der Waals surface area contributed by atoms with Crippen molar-refractivity contribution in [3.63, 3.8) is 0 Å². The summed E-state index contributed by atoms with van der Waals surface area (Å²) >= 11 is 2.00. The van der Waals surface area contributed by atoms with Gasteiger partial charge in [-0.2, -0.15) is 0 Å². The predicted molar refractivity (Wildman–Crippen MR) is 69.5 cm³/mol. The molecule has 2 nitrogen and oxygen atoms in total. The van der Waals surface area contributed by atoms with Crippen LogP contribution in [0.2, 0.25) is 0 Å². The van der Waals surface area contributed by atoms with Gasteiger partial charge in [0.15, 0.2) is 0 Å². The van der Waals surface area contributed by atoms with Crippen molar-refractivity contribution >= 4 is 11.8 Å². The Balaban J connectivity index is 2.08. The Morgan fingerprint density at radius 1 is 1.44 bits per heavy atom. The van der Waals surface area contributed by atoms with Gasteiger partial charge in [0.25, 0.3) is 0 Å². The normalized spacial score (nSPS) is 17.2. The molecule has 0 saturated heterocycles. The van der Waals surface area contributed by atoms with Crippen LogP contribution in [0.5, 0.6) is 5.75 Å². The molecule has 0 radical (unpaired) electrons. The molecule has 1 aromatic rings. The van der Waals surface area contributed by atoms with Crippen LogP contribution in [0.3, 0.4) is 0 Å². The van der Waals surface area contributed by atoms with E-state index < -0.39 is 0 Å². The SMILES string of the molecule is CNCC1(Sc2ccc(OC)c(C)c2)CC1. The maximum Gasteiger partial charge on any atom is 0.121 e. The van der Waals surface area contributed by atoms with Gasteiger partial charge >= 0.3 is 0 Å². The van der Waals surface area contributed by atoms with Crippen molar-refractivity contribution in [3.05, 3.63) is 23.8 Å². The Morgan fingerprint density at radius 2 is 2.19 bits per heavy atom. The number of ether oxygens (including phenoxy) is 1. The van der Waals surface area contributed by atoms with Crippen molar-refractivity contribution < 1.29 is 4.74 Å². The van der Waals surface area contributed by atoms with Crippen LogP contribution >= 0.6 is 11.8 Å². The predicted octanol–water partition coefficient (Wildman–Crippen LogP) is 2.85. The van der Waals surface area contributed by atoms with E-state index in [2.05, 4.69) is 30.4 Å². The molecule has 16 heavy (non-hydrogen) atoms. The van der Waals surface area contributed by atoms with Crippen molar-refractivity contribution in [2.75, 3.05) is 20.7 Å². The Morgan fingerprint density at radius 3 is 2.69 bits per heavy atom. The summed E-state index contributed by atoms with van der Waals surface area (Å²) in [5.41, 5.74) is 1.22. The molecule has 0 bridgehead atoms. The van der Waals surface area contributed by atoms with Crippen molar-refractivity contribution in [1.29, 1.82) is 0 Å². The number of aryl methyl sites for hydroxylation is 1. The van der Waals surface area contributed by atoms with Gasteiger partial charge in [-0.3, -0.25) is 0 Å². The summed E-state index contributed by atoms with van der Waals surface area (Å²) in [5, 5.41) is 3.28. The molecule has 0 aliphatic heterocycles. The van der Waals surface area contributed by atoms with E-state index in [4.69, 9.17) is 4.74 Å². The van der Waals surface area contributed by atoms with E-state index >= 15 is 0 Å². The van der Waals surface area contributed by atoms with Crippen LogP contribution < -0.4 is 10.1 Å². The summed E-state index contributed by atoms with van der Waals surface area (Å²) in [6.07, 6.45) is 2.65. The second kappa shape index (κ2) is 4.68. The standard InChI is InChI=1S/C13H19NOS/c1-10-8-11(4-5-12(10)15-3)16-13(6-7-13)9-14-2/h4-5,8,14H,6-7,9H2,1-3H3. The molecule has 0 spiro atoms. The van der Waals surface area contributed by atoms with E-state index in [1.807, 2.05) is 18.8 Å². The molecule has 0 unspecified atom stereocenters. The molecule has 0 amide bonds. The first kappa shape index (κ1) is 11.8. The van der Waals surface area contributed by atoms with Gasteiger partial charge in [0.1, 0.15) is 5.75 Å². The number of rotatable bonds is 5. The zero-order valence-electron chi connectivity index (χ0n) is 10.2. The fourth-order valence-corrected chi connectivity index (χ4v) is 3.34. The first-order chi connectivity index (χ1) is 7.69. The largest absolute Gasteiger partial charge is 0.496 e. The van der Waals surface area contributed by atoms with Crippen LogP contribution in [0.1, 0.15) is 18.4 Å². The average molecular weight is 237 g/mol. The molecule has 2 rings (SSSR count). The molecule has 1 saturated carbocycles. The lowest BCUT2D eigenvalue weighted by atomic mass is 10.2. The Kier molecular flexibility index (Phi) is 3.45. The summed E-state index contributed by atoms with van der Waals surface area (Å²) in [7, 11) is 3.75. The van der Waals surface area contributed by atoms with Crippen molar-refractivity contribution in [1.82, 2.24) is 5.32 Å². The van der Waals surface area contributed by atoms with Gasteiger partial charge in [-0.25, -0.2) is 0 Å². The van der Waals surface area contributed by atoms with E-state index in [0.717, 1.165) is 12.3 Å². The van der Waals surface area contributed by atoms with Crippen molar-refractivity contribution in [2.45, 2.75) is 29.4 Å². The molecule has 0 aromatic heterocycles. The first-order valence-corrected chi connectivity index (χ1v) is 6.49. The Labute approximate surface area is 102 Å². The second-order valence-corrected chi connectivity index (χ2v) is 5.99. The molecule has 3 heteroatoms. The lowest BCUT2D eigenvalue weighted by molar-refractivity contribution is 0.411. The number of thioether (sulfide) groups is 1. The minimum absolute atomic E-state index is 0.454. The minimum atomic E-state index is 0.454. The van der Waals surface area contributed by atoms with Crippen LogP contribution in [-0.2, 0) is 0 Å².